The van der Waals surface area contributed by atoms with Gasteiger partial charge < -0.3 is 9.47 Å². The van der Waals surface area contributed by atoms with Crippen molar-refractivity contribution >= 4 is 21.7 Å². The van der Waals surface area contributed by atoms with E-state index in [1.165, 1.54) is 0 Å². The lowest BCUT2D eigenvalue weighted by Crippen LogP contribution is -2.04. The molecule has 2 aromatic carbocycles. The van der Waals surface area contributed by atoms with Gasteiger partial charge in [0.2, 0.25) is 0 Å². The van der Waals surface area contributed by atoms with Gasteiger partial charge in [-0.05, 0) is 35.9 Å². The van der Waals surface area contributed by atoms with Crippen molar-refractivity contribution in [2.75, 3.05) is 20.5 Å². The second kappa shape index (κ2) is 9.03. The second-order valence-electron chi connectivity index (χ2n) is 7.49. The maximum Gasteiger partial charge on any atom is 0.251 e. The number of pyridine rings is 1. The molecular formula is C25H21N5O3S. The molecule has 8 nitrogen and oxygen atoms in total. The van der Waals surface area contributed by atoms with Crippen molar-refractivity contribution < 1.29 is 13.7 Å². The Balaban J connectivity index is 1.65. The van der Waals surface area contributed by atoms with Crippen LogP contribution in [0.15, 0.2) is 78.2 Å². The molecule has 5 rings (SSSR count). The lowest BCUT2D eigenvalue weighted by atomic mass is 10.1. The highest BCUT2D eigenvalue weighted by Crippen LogP contribution is 2.36. The smallest absolute Gasteiger partial charge is 0.251 e. The number of hydrogen-bond donors (Lipinski definition) is 0. The van der Waals surface area contributed by atoms with Crippen LogP contribution in [0.2, 0.25) is 0 Å². The maximum absolute atomic E-state index is 11.7. The topological polar surface area (TPSA) is 92.0 Å². The number of benzene rings is 2. The summed E-state index contributed by atoms with van der Waals surface area (Å²) in [7, 11) is 2.16. The van der Waals surface area contributed by atoms with Gasteiger partial charge in [-0.25, -0.2) is 14.6 Å². The SMILES string of the molecule is COc1cc2nc(-n3cc(-c4ccc(S(C)=O)cc4)cn3)nc(-c3cccnc3)c2cc1OC. The number of methoxy groups -OCH3 is 2. The highest BCUT2D eigenvalue weighted by Gasteiger charge is 2.16. The molecule has 5 aromatic rings. The summed E-state index contributed by atoms with van der Waals surface area (Å²) in [6.45, 7) is 0. The molecule has 0 aliphatic heterocycles. The van der Waals surface area contributed by atoms with Gasteiger partial charge in [-0.3, -0.25) is 9.19 Å². The summed E-state index contributed by atoms with van der Waals surface area (Å²) in [5.41, 5.74) is 4.10. The first-order valence-corrected chi connectivity index (χ1v) is 12.0. The lowest BCUT2D eigenvalue weighted by Gasteiger charge is -2.12. The molecule has 0 aliphatic rings. The molecule has 0 saturated heterocycles. The molecule has 0 fully saturated rings. The molecule has 0 aliphatic carbocycles. The predicted octanol–water partition coefficient (Wildman–Crippen LogP) is 4.30. The zero-order chi connectivity index (χ0) is 23.7. The Morgan fingerprint density at radius 2 is 1.65 bits per heavy atom. The van der Waals surface area contributed by atoms with Gasteiger partial charge in [0, 0.05) is 63.1 Å². The summed E-state index contributed by atoms with van der Waals surface area (Å²) in [4.78, 5) is 14.6. The summed E-state index contributed by atoms with van der Waals surface area (Å²) in [6, 6.07) is 15.1. The fraction of sp³-hybridized carbons (Fsp3) is 0.120. The molecule has 0 amide bonds. The van der Waals surface area contributed by atoms with E-state index in [0.717, 1.165) is 27.0 Å². The number of nitrogens with zero attached hydrogens (tertiary/aromatic N) is 5. The Morgan fingerprint density at radius 3 is 2.32 bits per heavy atom. The Hall–Kier alpha value is -4.11. The Kier molecular flexibility index (Phi) is 5.77. The fourth-order valence-corrected chi connectivity index (χ4v) is 4.21. The zero-order valence-electron chi connectivity index (χ0n) is 18.8. The normalized spacial score (nSPS) is 12.0. The molecule has 0 N–H and O–H groups in total. The highest BCUT2D eigenvalue weighted by molar-refractivity contribution is 7.84. The molecule has 0 spiro atoms. The largest absolute Gasteiger partial charge is 0.493 e. The maximum atomic E-state index is 11.7. The average molecular weight is 472 g/mol. The molecule has 0 radical (unpaired) electrons. The van der Waals surface area contributed by atoms with E-state index in [4.69, 9.17) is 19.4 Å². The van der Waals surface area contributed by atoms with E-state index in [1.807, 2.05) is 54.7 Å². The van der Waals surface area contributed by atoms with Crippen LogP contribution in [-0.2, 0) is 10.8 Å². The molecule has 3 heterocycles. The van der Waals surface area contributed by atoms with Gasteiger partial charge in [-0.1, -0.05) is 12.1 Å². The van der Waals surface area contributed by atoms with Crippen LogP contribution in [0.3, 0.4) is 0 Å². The van der Waals surface area contributed by atoms with Crippen molar-refractivity contribution in [1.82, 2.24) is 24.7 Å². The molecule has 1 atom stereocenters. The van der Waals surface area contributed by atoms with Crippen LogP contribution in [0.1, 0.15) is 0 Å². The molecule has 9 heteroatoms. The number of ether oxygens (including phenoxy) is 2. The van der Waals surface area contributed by atoms with E-state index >= 15 is 0 Å². The zero-order valence-corrected chi connectivity index (χ0v) is 19.6. The standard InChI is InChI=1S/C25H21N5O3S/c1-32-22-11-20-21(12-23(22)33-2)28-25(29-24(20)17-5-4-10-26-13-17)30-15-18(14-27-30)16-6-8-19(9-7-16)34(3)31/h4-15H,1-3H3. The number of hydrogen-bond acceptors (Lipinski definition) is 7. The minimum Gasteiger partial charge on any atom is -0.493 e. The Morgan fingerprint density at radius 1 is 0.882 bits per heavy atom. The Labute approximate surface area is 198 Å². The monoisotopic (exact) mass is 471 g/mol. The third-order valence-electron chi connectivity index (χ3n) is 5.43. The summed E-state index contributed by atoms with van der Waals surface area (Å²) in [5.74, 6) is 1.58. The second-order valence-corrected chi connectivity index (χ2v) is 8.87. The van der Waals surface area contributed by atoms with E-state index in [0.29, 0.717) is 28.7 Å². The van der Waals surface area contributed by atoms with Crippen LogP contribution < -0.4 is 9.47 Å². The van der Waals surface area contributed by atoms with Crippen molar-refractivity contribution in [2.45, 2.75) is 4.90 Å². The van der Waals surface area contributed by atoms with Gasteiger partial charge in [-0.2, -0.15) is 5.10 Å². The molecule has 0 saturated carbocycles. The first kappa shape index (κ1) is 21.7. The van der Waals surface area contributed by atoms with E-state index < -0.39 is 10.8 Å². The first-order chi connectivity index (χ1) is 16.6. The van der Waals surface area contributed by atoms with Crippen molar-refractivity contribution in [1.29, 1.82) is 0 Å². The molecule has 0 bridgehead atoms. The van der Waals surface area contributed by atoms with Gasteiger partial charge >= 0.3 is 0 Å². The van der Waals surface area contributed by atoms with Crippen molar-refractivity contribution in [3.8, 4) is 39.8 Å². The van der Waals surface area contributed by atoms with E-state index in [-0.39, 0.29) is 0 Å². The van der Waals surface area contributed by atoms with Gasteiger partial charge in [0.25, 0.3) is 5.95 Å². The summed E-state index contributed by atoms with van der Waals surface area (Å²) >= 11 is 0. The number of aromatic nitrogens is 5. The van der Waals surface area contributed by atoms with Crippen LogP contribution in [0.5, 0.6) is 11.5 Å². The lowest BCUT2D eigenvalue weighted by molar-refractivity contribution is 0.356. The van der Waals surface area contributed by atoms with Crippen molar-refractivity contribution in [3.63, 3.8) is 0 Å². The predicted molar refractivity (Wildman–Crippen MR) is 131 cm³/mol. The van der Waals surface area contributed by atoms with Gasteiger partial charge in [-0.15, -0.1) is 0 Å². The third-order valence-corrected chi connectivity index (χ3v) is 6.37. The summed E-state index contributed by atoms with van der Waals surface area (Å²) < 4.78 is 24.3. The van der Waals surface area contributed by atoms with Crippen LogP contribution in [0, 0.1) is 0 Å². The van der Waals surface area contributed by atoms with Gasteiger partial charge in [0.1, 0.15) is 0 Å². The van der Waals surface area contributed by atoms with Crippen LogP contribution in [0.25, 0.3) is 39.2 Å². The van der Waals surface area contributed by atoms with Crippen LogP contribution in [0.4, 0.5) is 0 Å². The number of fused-ring (bicyclic) bond motifs is 1. The minimum absolute atomic E-state index is 0.413. The number of rotatable bonds is 6. The molecule has 34 heavy (non-hydrogen) atoms. The van der Waals surface area contributed by atoms with E-state index in [1.54, 1.807) is 43.7 Å². The molecule has 3 aromatic heterocycles. The summed E-state index contributed by atoms with van der Waals surface area (Å²) in [6.07, 6.45) is 8.76. The molecular weight excluding hydrogens is 450 g/mol. The Bertz CT molecular complexity index is 1500. The van der Waals surface area contributed by atoms with Crippen LogP contribution >= 0.6 is 0 Å². The summed E-state index contributed by atoms with van der Waals surface area (Å²) in [5, 5.41) is 5.31. The average Bonchev–Trinajstić information content (AvgIpc) is 3.38. The molecule has 170 valence electrons. The van der Waals surface area contributed by atoms with Crippen LogP contribution in [-0.4, -0.2) is 49.4 Å². The fourth-order valence-electron chi connectivity index (χ4n) is 3.69. The highest BCUT2D eigenvalue weighted by atomic mass is 32.2. The quantitative estimate of drug-likeness (QED) is 0.365. The van der Waals surface area contributed by atoms with E-state index in [9.17, 15) is 4.21 Å². The van der Waals surface area contributed by atoms with Crippen molar-refractivity contribution in [3.05, 3.63) is 73.3 Å². The van der Waals surface area contributed by atoms with E-state index in [2.05, 4.69) is 10.1 Å². The minimum atomic E-state index is -1.02. The first-order valence-electron chi connectivity index (χ1n) is 10.4. The third kappa shape index (κ3) is 4.01. The molecule has 1 unspecified atom stereocenters. The van der Waals surface area contributed by atoms with Crippen molar-refractivity contribution in [2.24, 2.45) is 0 Å². The van der Waals surface area contributed by atoms with Gasteiger partial charge in [0.15, 0.2) is 11.5 Å². The van der Waals surface area contributed by atoms with Gasteiger partial charge in [0.05, 0.1) is 31.6 Å².